The molecule has 0 saturated carbocycles. The Kier molecular flexibility index (Phi) is 4.58. The van der Waals surface area contributed by atoms with Crippen LogP contribution in [0.1, 0.15) is 17.1 Å². The second-order valence-electron chi connectivity index (χ2n) is 5.33. The number of nitrogens with one attached hydrogen (secondary N) is 1. The Bertz CT molecular complexity index is 629. The van der Waals surface area contributed by atoms with Gasteiger partial charge in [-0.25, -0.2) is 9.78 Å². The van der Waals surface area contributed by atoms with E-state index in [0.29, 0.717) is 13.1 Å². The van der Waals surface area contributed by atoms with Crippen molar-refractivity contribution in [2.75, 3.05) is 13.1 Å². The van der Waals surface area contributed by atoms with Gasteiger partial charge in [0.1, 0.15) is 16.9 Å². The third-order valence-electron chi connectivity index (χ3n) is 3.54. The molecule has 0 aliphatic carbocycles. The van der Waals surface area contributed by atoms with E-state index in [2.05, 4.69) is 10.3 Å². The van der Waals surface area contributed by atoms with Gasteiger partial charge < -0.3 is 15.0 Å². The molecule has 0 radical (unpaired) electrons. The predicted octanol–water partition coefficient (Wildman–Crippen LogP) is 2.81. The highest BCUT2D eigenvalue weighted by atomic mass is 32.1. The smallest absolute Gasteiger partial charge is 0.317 e. The highest BCUT2D eigenvalue weighted by Crippen LogP contribution is 2.18. The molecular formula is C16H19N3O2S. The molecule has 2 amide bonds. The molecule has 2 aromatic rings. The van der Waals surface area contributed by atoms with Gasteiger partial charge in [-0.2, -0.15) is 0 Å². The predicted molar refractivity (Wildman–Crippen MR) is 86.1 cm³/mol. The molecule has 1 aliphatic heterocycles. The Morgan fingerprint density at radius 3 is 3.00 bits per heavy atom. The molecule has 1 saturated heterocycles. The number of para-hydroxylation sites is 1. The Morgan fingerprint density at radius 1 is 1.45 bits per heavy atom. The Morgan fingerprint density at radius 2 is 2.27 bits per heavy atom. The van der Waals surface area contributed by atoms with E-state index in [1.54, 1.807) is 16.2 Å². The van der Waals surface area contributed by atoms with Crippen LogP contribution in [0.5, 0.6) is 5.75 Å². The summed E-state index contributed by atoms with van der Waals surface area (Å²) in [6.07, 6.45) is 0.925. The van der Waals surface area contributed by atoms with Gasteiger partial charge in [0.25, 0.3) is 0 Å². The quantitative estimate of drug-likeness (QED) is 0.943. The maximum absolute atomic E-state index is 12.2. The molecule has 1 aliphatic rings. The summed E-state index contributed by atoms with van der Waals surface area (Å²) in [5.41, 5.74) is 0.992. The van der Waals surface area contributed by atoms with E-state index >= 15 is 0 Å². The SMILES string of the molecule is Cc1csc(CNC(=O)N2CC[C@@H](Oc3ccccc3)C2)n1. The third-order valence-corrected chi connectivity index (χ3v) is 4.50. The Labute approximate surface area is 133 Å². The lowest BCUT2D eigenvalue weighted by Gasteiger charge is -2.17. The lowest BCUT2D eigenvalue weighted by Crippen LogP contribution is -2.39. The van der Waals surface area contributed by atoms with Crippen molar-refractivity contribution in [3.8, 4) is 5.75 Å². The second kappa shape index (κ2) is 6.79. The van der Waals surface area contributed by atoms with E-state index in [9.17, 15) is 4.79 Å². The van der Waals surface area contributed by atoms with Gasteiger partial charge in [-0.1, -0.05) is 18.2 Å². The summed E-state index contributed by atoms with van der Waals surface area (Å²) in [6.45, 7) is 3.78. The summed E-state index contributed by atoms with van der Waals surface area (Å²) < 4.78 is 5.89. The molecule has 2 heterocycles. The molecule has 1 aromatic heterocycles. The number of urea groups is 1. The van der Waals surface area contributed by atoms with Crippen molar-refractivity contribution in [3.63, 3.8) is 0 Å². The zero-order valence-electron chi connectivity index (χ0n) is 12.5. The van der Waals surface area contributed by atoms with E-state index in [1.165, 1.54) is 0 Å². The van der Waals surface area contributed by atoms with Crippen molar-refractivity contribution in [1.82, 2.24) is 15.2 Å². The van der Waals surface area contributed by atoms with Crippen molar-refractivity contribution in [2.24, 2.45) is 0 Å². The van der Waals surface area contributed by atoms with Gasteiger partial charge in [0, 0.05) is 24.0 Å². The van der Waals surface area contributed by atoms with Crippen LogP contribution in [-0.2, 0) is 6.54 Å². The van der Waals surface area contributed by atoms with Crippen LogP contribution in [0.25, 0.3) is 0 Å². The van der Waals surface area contributed by atoms with Gasteiger partial charge >= 0.3 is 6.03 Å². The summed E-state index contributed by atoms with van der Waals surface area (Å²) in [6, 6.07) is 9.69. The average molecular weight is 317 g/mol. The topological polar surface area (TPSA) is 54.5 Å². The number of hydrogen-bond donors (Lipinski definition) is 1. The molecule has 3 rings (SSSR count). The minimum Gasteiger partial charge on any atom is -0.489 e. The molecule has 1 fully saturated rings. The first-order valence-corrected chi connectivity index (χ1v) is 8.24. The fourth-order valence-corrected chi connectivity index (χ4v) is 3.16. The van der Waals surface area contributed by atoms with E-state index in [4.69, 9.17) is 4.74 Å². The molecular weight excluding hydrogens is 298 g/mol. The van der Waals surface area contributed by atoms with Crippen molar-refractivity contribution in [3.05, 3.63) is 46.4 Å². The fourth-order valence-electron chi connectivity index (χ4n) is 2.45. The van der Waals surface area contributed by atoms with Gasteiger partial charge in [0.2, 0.25) is 0 Å². The molecule has 22 heavy (non-hydrogen) atoms. The van der Waals surface area contributed by atoms with E-state index in [0.717, 1.165) is 29.4 Å². The number of ether oxygens (including phenoxy) is 1. The minimum atomic E-state index is -0.0491. The summed E-state index contributed by atoms with van der Waals surface area (Å²) in [5, 5.41) is 5.84. The molecule has 0 bridgehead atoms. The normalized spacial score (nSPS) is 17.5. The molecule has 1 N–H and O–H groups in total. The van der Waals surface area contributed by atoms with Crippen molar-refractivity contribution < 1.29 is 9.53 Å². The van der Waals surface area contributed by atoms with Gasteiger partial charge in [0.05, 0.1) is 13.1 Å². The first-order chi connectivity index (χ1) is 10.7. The number of hydrogen-bond acceptors (Lipinski definition) is 4. The lowest BCUT2D eigenvalue weighted by molar-refractivity contribution is 0.186. The van der Waals surface area contributed by atoms with E-state index in [-0.39, 0.29) is 12.1 Å². The van der Waals surface area contributed by atoms with Crippen LogP contribution in [0.2, 0.25) is 0 Å². The minimum absolute atomic E-state index is 0.0491. The average Bonchev–Trinajstić information content (AvgIpc) is 3.15. The summed E-state index contributed by atoms with van der Waals surface area (Å²) in [5.74, 6) is 0.855. The molecule has 0 spiro atoms. The van der Waals surface area contributed by atoms with Crippen LogP contribution in [0.15, 0.2) is 35.7 Å². The maximum atomic E-state index is 12.2. The molecule has 0 unspecified atom stereocenters. The highest BCUT2D eigenvalue weighted by Gasteiger charge is 2.27. The number of rotatable bonds is 4. The molecule has 6 heteroatoms. The number of amides is 2. The summed E-state index contributed by atoms with van der Waals surface area (Å²) in [7, 11) is 0. The van der Waals surface area contributed by atoms with Crippen LogP contribution < -0.4 is 10.1 Å². The highest BCUT2D eigenvalue weighted by molar-refractivity contribution is 7.09. The largest absolute Gasteiger partial charge is 0.489 e. The number of aryl methyl sites for hydroxylation is 1. The van der Waals surface area contributed by atoms with Gasteiger partial charge in [-0.3, -0.25) is 0 Å². The molecule has 116 valence electrons. The summed E-state index contributed by atoms with van der Waals surface area (Å²) >= 11 is 1.57. The monoisotopic (exact) mass is 317 g/mol. The number of likely N-dealkylation sites (tertiary alicyclic amines) is 1. The summed E-state index contributed by atoms with van der Waals surface area (Å²) in [4.78, 5) is 18.3. The van der Waals surface area contributed by atoms with Crippen molar-refractivity contribution in [2.45, 2.75) is 26.0 Å². The fraction of sp³-hybridized carbons (Fsp3) is 0.375. The number of benzene rings is 1. The number of thiazole rings is 1. The van der Waals surface area contributed by atoms with Crippen LogP contribution in [0, 0.1) is 6.92 Å². The van der Waals surface area contributed by atoms with Crippen LogP contribution in [0.3, 0.4) is 0 Å². The molecule has 1 atom stereocenters. The molecule has 5 nitrogen and oxygen atoms in total. The van der Waals surface area contributed by atoms with Crippen molar-refractivity contribution >= 4 is 17.4 Å². The Balaban J connectivity index is 1.46. The van der Waals surface area contributed by atoms with Crippen LogP contribution in [0.4, 0.5) is 4.79 Å². The van der Waals surface area contributed by atoms with Gasteiger partial charge in [0.15, 0.2) is 0 Å². The molecule has 1 aromatic carbocycles. The first-order valence-electron chi connectivity index (χ1n) is 7.36. The van der Waals surface area contributed by atoms with Crippen molar-refractivity contribution in [1.29, 1.82) is 0 Å². The van der Waals surface area contributed by atoms with Gasteiger partial charge in [-0.05, 0) is 19.1 Å². The number of carbonyl (C=O) groups excluding carboxylic acids is 1. The van der Waals surface area contributed by atoms with Crippen LogP contribution in [-0.4, -0.2) is 35.1 Å². The third kappa shape index (κ3) is 3.76. The van der Waals surface area contributed by atoms with E-state index < -0.39 is 0 Å². The zero-order valence-corrected chi connectivity index (χ0v) is 13.3. The van der Waals surface area contributed by atoms with Gasteiger partial charge in [-0.15, -0.1) is 11.3 Å². The second-order valence-corrected chi connectivity index (χ2v) is 6.27. The zero-order chi connectivity index (χ0) is 15.4. The van der Waals surface area contributed by atoms with Crippen LogP contribution >= 0.6 is 11.3 Å². The van der Waals surface area contributed by atoms with E-state index in [1.807, 2.05) is 42.6 Å². The lowest BCUT2D eigenvalue weighted by atomic mass is 10.3. The standard InChI is InChI=1S/C16H19N3O2S/c1-12-11-22-15(18-12)9-17-16(20)19-8-7-14(10-19)21-13-5-3-2-4-6-13/h2-6,11,14H,7-10H2,1H3,(H,17,20)/t14-/m1/s1. The maximum Gasteiger partial charge on any atom is 0.317 e. The Hall–Kier alpha value is -2.08. The number of carbonyl (C=O) groups is 1. The first kappa shape index (κ1) is 14.8. The number of nitrogens with zero attached hydrogens (tertiary/aromatic N) is 2. The number of aromatic nitrogens is 1.